The summed E-state index contributed by atoms with van der Waals surface area (Å²) in [5.74, 6) is 0.324. The molecule has 9 heteroatoms. The largest absolute Gasteiger partial charge is 0.469 e. The van der Waals surface area contributed by atoms with Crippen LogP contribution >= 0.6 is 0 Å². The second-order valence-corrected chi connectivity index (χ2v) is 6.54. The number of esters is 1. The molecule has 3 unspecified atom stereocenters. The minimum absolute atomic E-state index is 0.0708. The van der Waals surface area contributed by atoms with Gasteiger partial charge in [0.15, 0.2) is 5.96 Å². The molecule has 0 bridgehead atoms. The van der Waals surface area contributed by atoms with Crippen LogP contribution < -0.4 is 5.32 Å². The molecule has 0 amide bonds. The Kier molecular flexibility index (Phi) is 5.95. The Morgan fingerprint density at radius 3 is 2.62 bits per heavy atom. The fourth-order valence-electron chi connectivity index (χ4n) is 3.43. The van der Waals surface area contributed by atoms with Gasteiger partial charge in [-0.2, -0.15) is 13.2 Å². The molecule has 1 N–H and O–H groups in total. The Balaban J connectivity index is 1.89. The first-order chi connectivity index (χ1) is 11.2. The van der Waals surface area contributed by atoms with Gasteiger partial charge in [0.2, 0.25) is 0 Å². The van der Waals surface area contributed by atoms with E-state index in [0.717, 1.165) is 0 Å². The lowest BCUT2D eigenvalue weighted by Gasteiger charge is -2.25. The van der Waals surface area contributed by atoms with E-state index in [0.29, 0.717) is 38.6 Å². The molecule has 2 aliphatic rings. The van der Waals surface area contributed by atoms with Crippen molar-refractivity contribution >= 4 is 11.9 Å². The van der Waals surface area contributed by atoms with Crippen LogP contribution in [0.15, 0.2) is 4.99 Å². The molecule has 6 nitrogen and oxygen atoms in total. The monoisotopic (exact) mass is 350 g/mol. The predicted octanol–water partition coefficient (Wildman–Crippen LogP) is 0.939. The van der Waals surface area contributed by atoms with Crippen molar-refractivity contribution in [1.29, 1.82) is 0 Å². The smallest absolute Gasteiger partial charge is 0.401 e. The number of aliphatic imine (C=N–C) groups is 1. The highest BCUT2D eigenvalue weighted by atomic mass is 19.4. The molecule has 138 valence electrons. The number of guanidine groups is 1. The van der Waals surface area contributed by atoms with Crippen molar-refractivity contribution in [1.82, 2.24) is 15.1 Å². The fraction of sp³-hybridized carbons (Fsp3) is 0.867. The van der Waals surface area contributed by atoms with Crippen LogP contribution in [-0.4, -0.2) is 80.8 Å². The lowest BCUT2D eigenvalue weighted by Crippen LogP contribution is -2.46. The summed E-state index contributed by atoms with van der Waals surface area (Å²) in [6.45, 7) is 3.02. The van der Waals surface area contributed by atoms with Gasteiger partial charge in [0, 0.05) is 39.3 Å². The van der Waals surface area contributed by atoms with Crippen molar-refractivity contribution in [2.45, 2.75) is 25.6 Å². The van der Waals surface area contributed by atoms with E-state index in [2.05, 4.69) is 10.3 Å². The van der Waals surface area contributed by atoms with Crippen molar-refractivity contribution in [3.05, 3.63) is 0 Å². The van der Waals surface area contributed by atoms with Crippen molar-refractivity contribution < 1.29 is 22.7 Å². The summed E-state index contributed by atoms with van der Waals surface area (Å²) in [5.41, 5.74) is 0. The van der Waals surface area contributed by atoms with E-state index in [4.69, 9.17) is 4.74 Å². The van der Waals surface area contributed by atoms with Crippen LogP contribution in [0.5, 0.6) is 0 Å². The van der Waals surface area contributed by atoms with Crippen LogP contribution in [0.4, 0.5) is 13.2 Å². The summed E-state index contributed by atoms with van der Waals surface area (Å²) in [6.07, 6.45) is -3.53. The van der Waals surface area contributed by atoms with Crippen LogP contribution in [0.25, 0.3) is 0 Å². The second-order valence-electron chi connectivity index (χ2n) is 6.54. The van der Waals surface area contributed by atoms with E-state index in [-0.39, 0.29) is 23.8 Å². The van der Waals surface area contributed by atoms with E-state index >= 15 is 0 Å². The number of carbonyl (C=O) groups excluding carboxylic acids is 1. The lowest BCUT2D eigenvalue weighted by atomic mass is 9.99. The van der Waals surface area contributed by atoms with Gasteiger partial charge in [-0.3, -0.25) is 14.7 Å². The third kappa shape index (κ3) is 4.75. The number of ether oxygens (including phenoxy) is 1. The molecule has 0 aromatic carbocycles. The minimum atomic E-state index is -4.17. The number of methoxy groups -OCH3 is 1. The Hall–Kier alpha value is -1.51. The molecule has 0 aromatic rings. The zero-order valence-corrected chi connectivity index (χ0v) is 14.3. The maximum atomic E-state index is 12.5. The van der Waals surface area contributed by atoms with Gasteiger partial charge in [-0.15, -0.1) is 0 Å². The zero-order valence-electron chi connectivity index (χ0n) is 14.3. The number of hydrogen-bond donors (Lipinski definition) is 1. The maximum absolute atomic E-state index is 12.5. The zero-order chi connectivity index (χ0) is 17.9. The number of halogens is 3. The number of hydrogen-bond acceptors (Lipinski definition) is 4. The van der Waals surface area contributed by atoms with Gasteiger partial charge in [0.05, 0.1) is 19.6 Å². The molecule has 0 radical (unpaired) electrons. The first-order valence-corrected chi connectivity index (χ1v) is 8.08. The van der Waals surface area contributed by atoms with Gasteiger partial charge in [-0.05, 0) is 12.3 Å². The summed E-state index contributed by atoms with van der Waals surface area (Å²) >= 11 is 0. The molecule has 0 aromatic heterocycles. The predicted molar refractivity (Wildman–Crippen MR) is 83.6 cm³/mol. The molecule has 2 heterocycles. The third-order valence-corrected chi connectivity index (χ3v) is 4.64. The molecule has 0 aliphatic carbocycles. The standard InChI is InChI=1S/C15H25F3N4O2/c1-10-6-22(8-12(10)13(23)24-3)14(19-2)20-11-4-5-21(7-11)9-15(16,17)18/h10-12H,4-9H2,1-3H3,(H,19,20). The van der Waals surface area contributed by atoms with Crippen molar-refractivity contribution in [3.8, 4) is 0 Å². The van der Waals surface area contributed by atoms with E-state index in [1.54, 1.807) is 7.05 Å². The van der Waals surface area contributed by atoms with Gasteiger partial charge < -0.3 is 15.0 Å². The highest BCUT2D eigenvalue weighted by molar-refractivity contribution is 5.82. The summed E-state index contributed by atoms with van der Waals surface area (Å²) in [6, 6.07) is -0.0708. The lowest BCUT2D eigenvalue weighted by molar-refractivity contribution is -0.146. The van der Waals surface area contributed by atoms with Crippen LogP contribution in [0, 0.1) is 11.8 Å². The maximum Gasteiger partial charge on any atom is 0.401 e. The summed E-state index contributed by atoms with van der Waals surface area (Å²) < 4.78 is 42.2. The Morgan fingerprint density at radius 1 is 1.33 bits per heavy atom. The molecule has 0 spiro atoms. The Bertz CT molecular complexity index is 484. The number of alkyl halides is 3. The fourth-order valence-corrected chi connectivity index (χ4v) is 3.43. The molecule has 24 heavy (non-hydrogen) atoms. The average molecular weight is 350 g/mol. The molecule has 2 saturated heterocycles. The number of nitrogens with zero attached hydrogens (tertiary/aromatic N) is 3. The van der Waals surface area contributed by atoms with Gasteiger partial charge in [-0.1, -0.05) is 6.92 Å². The van der Waals surface area contributed by atoms with Gasteiger partial charge in [0.25, 0.3) is 0 Å². The SMILES string of the molecule is CN=C(NC1CCN(CC(F)(F)F)C1)N1CC(C)C(C(=O)OC)C1. The van der Waals surface area contributed by atoms with Crippen LogP contribution in [0.1, 0.15) is 13.3 Å². The normalized spacial score (nSPS) is 29.2. The van der Waals surface area contributed by atoms with Crippen molar-refractivity contribution in [2.24, 2.45) is 16.8 Å². The number of likely N-dealkylation sites (tertiary alicyclic amines) is 2. The number of nitrogens with one attached hydrogen (secondary N) is 1. The summed E-state index contributed by atoms with van der Waals surface area (Å²) in [5, 5.41) is 3.24. The number of carbonyl (C=O) groups is 1. The average Bonchev–Trinajstić information content (AvgIpc) is 3.08. The molecular weight excluding hydrogens is 325 g/mol. The van der Waals surface area contributed by atoms with E-state index in [9.17, 15) is 18.0 Å². The van der Waals surface area contributed by atoms with Crippen LogP contribution in [0.3, 0.4) is 0 Å². The highest BCUT2D eigenvalue weighted by Crippen LogP contribution is 2.25. The van der Waals surface area contributed by atoms with Gasteiger partial charge >= 0.3 is 12.1 Å². The molecule has 0 saturated carbocycles. The molecular formula is C15H25F3N4O2. The van der Waals surface area contributed by atoms with E-state index in [1.807, 2.05) is 11.8 Å². The quantitative estimate of drug-likeness (QED) is 0.466. The molecule has 2 rings (SSSR count). The first kappa shape index (κ1) is 18.8. The molecule has 3 atom stereocenters. The Morgan fingerprint density at radius 2 is 2.04 bits per heavy atom. The van der Waals surface area contributed by atoms with Gasteiger partial charge in [-0.25, -0.2) is 0 Å². The minimum Gasteiger partial charge on any atom is -0.469 e. The molecule has 2 fully saturated rings. The highest BCUT2D eigenvalue weighted by Gasteiger charge is 2.38. The second kappa shape index (κ2) is 7.58. The van der Waals surface area contributed by atoms with Crippen molar-refractivity contribution in [2.75, 3.05) is 46.9 Å². The third-order valence-electron chi connectivity index (χ3n) is 4.64. The summed E-state index contributed by atoms with van der Waals surface area (Å²) in [4.78, 5) is 19.4. The van der Waals surface area contributed by atoms with E-state index in [1.165, 1.54) is 12.0 Å². The summed E-state index contributed by atoms with van der Waals surface area (Å²) in [7, 11) is 3.01. The van der Waals surface area contributed by atoms with Crippen LogP contribution in [0.2, 0.25) is 0 Å². The molecule has 2 aliphatic heterocycles. The number of rotatable bonds is 3. The van der Waals surface area contributed by atoms with Crippen LogP contribution in [-0.2, 0) is 9.53 Å². The van der Waals surface area contributed by atoms with Crippen molar-refractivity contribution in [3.63, 3.8) is 0 Å². The van der Waals surface area contributed by atoms with Gasteiger partial charge in [0.1, 0.15) is 0 Å². The Labute approximate surface area is 140 Å². The first-order valence-electron chi connectivity index (χ1n) is 8.08. The van der Waals surface area contributed by atoms with E-state index < -0.39 is 12.7 Å². The topological polar surface area (TPSA) is 57.2 Å².